The fraction of sp³-hybridized carbons (Fsp3) is 0.345. The topological polar surface area (TPSA) is 117 Å². The van der Waals surface area contributed by atoms with Crippen LogP contribution >= 0.6 is 0 Å². The number of benzene rings is 1. The van der Waals surface area contributed by atoms with Gasteiger partial charge < -0.3 is 19.4 Å². The molecule has 0 atom stereocenters. The molecule has 1 amide bonds. The number of halogens is 1. The molecule has 0 bridgehead atoms. The Morgan fingerprint density at radius 2 is 1.80 bits per heavy atom. The van der Waals surface area contributed by atoms with Crippen LogP contribution in [-0.4, -0.2) is 43.8 Å². The number of aryl methyl sites for hydroxylation is 1. The van der Waals surface area contributed by atoms with Crippen LogP contribution in [0.15, 0.2) is 54.9 Å². The maximum atomic E-state index is 13.9. The van der Waals surface area contributed by atoms with Crippen molar-refractivity contribution in [1.82, 2.24) is 24.6 Å². The summed E-state index contributed by atoms with van der Waals surface area (Å²) in [7, 11) is 1.74. The molecular weight excluding hydrogens is 517 g/mol. The number of ether oxygens (including phenoxy) is 2. The highest BCUT2D eigenvalue weighted by Crippen LogP contribution is 2.23. The molecule has 0 saturated heterocycles. The molecule has 0 aliphatic rings. The minimum Gasteiger partial charge on any atom is -0.465 e. The summed E-state index contributed by atoms with van der Waals surface area (Å²) in [4.78, 5) is 41.2. The van der Waals surface area contributed by atoms with Crippen molar-refractivity contribution in [1.29, 1.82) is 0 Å². The predicted octanol–water partition coefficient (Wildman–Crippen LogP) is 4.38. The Morgan fingerprint density at radius 3 is 2.55 bits per heavy atom. The summed E-state index contributed by atoms with van der Waals surface area (Å²) in [5.74, 6) is -1.21. The van der Waals surface area contributed by atoms with Crippen molar-refractivity contribution >= 4 is 28.9 Å². The van der Waals surface area contributed by atoms with Crippen LogP contribution in [0.25, 0.3) is 22.3 Å². The molecule has 1 N–H and O–H groups in total. The lowest BCUT2D eigenvalue weighted by Gasteiger charge is -2.07. The van der Waals surface area contributed by atoms with E-state index in [0.29, 0.717) is 41.2 Å². The third kappa shape index (κ3) is 7.31. The van der Waals surface area contributed by atoms with Crippen LogP contribution in [0.1, 0.15) is 49.2 Å². The first-order chi connectivity index (χ1) is 19.2. The highest BCUT2D eigenvalue weighted by molar-refractivity contribution is 5.98. The van der Waals surface area contributed by atoms with Gasteiger partial charge in [-0.15, -0.1) is 0 Å². The molecule has 10 nitrogen and oxygen atoms in total. The van der Waals surface area contributed by atoms with Gasteiger partial charge in [-0.05, 0) is 36.6 Å². The van der Waals surface area contributed by atoms with Gasteiger partial charge in [0.2, 0.25) is 0 Å². The number of pyridine rings is 1. The van der Waals surface area contributed by atoms with Crippen LogP contribution in [-0.2, 0) is 39.4 Å². The fourth-order valence-corrected chi connectivity index (χ4v) is 3.97. The first kappa shape index (κ1) is 28.5. The van der Waals surface area contributed by atoms with Crippen LogP contribution in [0, 0.1) is 11.7 Å². The fourth-order valence-electron chi connectivity index (χ4n) is 3.97. The van der Waals surface area contributed by atoms with Gasteiger partial charge in [-0.25, -0.2) is 14.1 Å². The van der Waals surface area contributed by atoms with Crippen molar-refractivity contribution in [2.75, 3.05) is 6.61 Å². The Bertz CT molecular complexity index is 1510. The van der Waals surface area contributed by atoms with Crippen molar-refractivity contribution in [2.24, 2.45) is 13.0 Å². The van der Waals surface area contributed by atoms with Gasteiger partial charge in [0.15, 0.2) is 6.73 Å². The quantitative estimate of drug-likeness (QED) is 0.261. The van der Waals surface area contributed by atoms with Gasteiger partial charge in [0.1, 0.15) is 17.2 Å². The summed E-state index contributed by atoms with van der Waals surface area (Å²) in [5.41, 5.74) is 2.73. The zero-order valence-corrected chi connectivity index (χ0v) is 22.7. The molecule has 3 aromatic heterocycles. The van der Waals surface area contributed by atoms with Crippen LogP contribution in [0.2, 0.25) is 0 Å². The number of nitrogens with one attached hydrogen (secondary N) is 1. The minimum absolute atomic E-state index is 0.0697. The zero-order chi connectivity index (χ0) is 28.6. The number of fused-ring (bicyclic) bond motifs is 1. The number of rotatable bonds is 12. The van der Waals surface area contributed by atoms with E-state index >= 15 is 0 Å². The molecule has 3 heterocycles. The molecular formula is C29H32FN5O5. The van der Waals surface area contributed by atoms with Crippen molar-refractivity contribution in [3.8, 4) is 11.3 Å². The Labute approximate surface area is 231 Å². The van der Waals surface area contributed by atoms with Crippen molar-refractivity contribution in [3.05, 3.63) is 71.9 Å². The van der Waals surface area contributed by atoms with E-state index in [-0.39, 0.29) is 49.7 Å². The van der Waals surface area contributed by atoms with Crippen molar-refractivity contribution in [3.63, 3.8) is 0 Å². The van der Waals surface area contributed by atoms with E-state index in [1.807, 2.05) is 26.0 Å². The summed E-state index contributed by atoms with van der Waals surface area (Å²) in [5, 5.41) is 7.76. The van der Waals surface area contributed by atoms with E-state index in [0.717, 1.165) is 5.39 Å². The zero-order valence-electron chi connectivity index (χ0n) is 22.7. The van der Waals surface area contributed by atoms with Crippen molar-refractivity contribution in [2.45, 2.75) is 46.4 Å². The van der Waals surface area contributed by atoms with Crippen LogP contribution in [0.4, 0.5) is 4.39 Å². The summed E-state index contributed by atoms with van der Waals surface area (Å²) < 4.78 is 27.4. The molecule has 0 unspecified atom stereocenters. The van der Waals surface area contributed by atoms with Crippen LogP contribution in [0.5, 0.6) is 0 Å². The molecule has 4 aromatic rings. The van der Waals surface area contributed by atoms with Crippen LogP contribution in [0.3, 0.4) is 0 Å². The third-order valence-electron chi connectivity index (χ3n) is 6.13. The van der Waals surface area contributed by atoms with E-state index in [2.05, 4.69) is 15.4 Å². The van der Waals surface area contributed by atoms with E-state index in [4.69, 9.17) is 9.47 Å². The average molecular weight is 550 g/mol. The highest BCUT2D eigenvalue weighted by atomic mass is 19.1. The number of nitrogens with zero attached hydrogens (tertiary/aromatic N) is 4. The molecule has 1 aromatic carbocycles. The Kier molecular flexibility index (Phi) is 9.26. The predicted molar refractivity (Wildman–Crippen MR) is 145 cm³/mol. The maximum absolute atomic E-state index is 13.9. The summed E-state index contributed by atoms with van der Waals surface area (Å²) in [6.07, 6.45) is 3.93. The largest absolute Gasteiger partial charge is 0.465 e. The molecule has 210 valence electrons. The Balaban J connectivity index is 1.32. The molecule has 0 spiro atoms. The lowest BCUT2D eigenvalue weighted by Crippen LogP contribution is -2.25. The van der Waals surface area contributed by atoms with E-state index in [1.54, 1.807) is 48.3 Å². The molecule has 0 saturated carbocycles. The number of hydrogen-bond donors (Lipinski definition) is 1. The molecule has 0 aliphatic carbocycles. The number of carbonyl (C=O) groups is 3. The number of hydrogen-bond acceptors (Lipinski definition) is 7. The molecule has 0 fully saturated rings. The smallest absolute Gasteiger partial charge is 0.307 e. The number of amides is 1. The monoisotopic (exact) mass is 549 g/mol. The average Bonchev–Trinajstić information content (AvgIpc) is 3.54. The molecule has 0 radical (unpaired) electrons. The lowest BCUT2D eigenvalue weighted by atomic mass is 10.2. The Hall–Kier alpha value is -4.54. The third-order valence-corrected chi connectivity index (χ3v) is 6.13. The highest BCUT2D eigenvalue weighted by Gasteiger charge is 2.16. The van der Waals surface area contributed by atoms with Gasteiger partial charge in [-0.3, -0.25) is 14.4 Å². The normalized spacial score (nSPS) is 11.1. The standard InChI is InChI=1S/C29H32FN5O5/c1-19(2)17-39-26(36)9-6-10-27(37)40-18-35-16-22(15-32-35)24-12-11-20-13-25(34(3)28(20)33-24)29(38)31-14-21-7-4-5-8-23(21)30/h4-5,7-8,11-13,15-16,19H,6,9-10,14,17-18H2,1-3H3,(H,31,38). The molecule has 4 rings (SSSR count). The number of carbonyl (C=O) groups excluding carboxylic acids is 3. The van der Waals surface area contributed by atoms with Gasteiger partial charge in [-0.2, -0.15) is 5.10 Å². The van der Waals surface area contributed by atoms with Gasteiger partial charge in [-0.1, -0.05) is 32.0 Å². The first-order valence-electron chi connectivity index (χ1n) is 13.0. The molecule has 40 heavy (non-hydrogen) atoms. The first-order valence-corrected chi connectivity index (χ1v) is 13.0. The lowest BCUT2D eigenvalue weighted by molar-refractivity contribution is -0.148. The Morgan fingerprint density at radius 1 is 1.05 bits per heavy atom. The van der Waals surface area contributed by atoms with Gasteiger partial charge in [0.05, 0.1) is 18.5 Å². The van der Waals surface area contributed by atoms with Gasteiger partial charge >= 0.3 is 11.9 Å². The second-order valence-corrected chi connectivity index (χ2v) is 9.82. The minimum atomic E-state index is -0.433. The molecule has 11 heteroatoms. The van der Waals surface area contributed by atoms with E-state index in [1.165, 1.54) is 10.7 Å². The number of aromatic nitrogens is 4. The van der Waals surface area contributed by atoms with Crippen molar-refractivity contribution < 1.29 is 28.2 Å². The van der Waals surface area contributed by atoms with Gasteiger partial charge in [0, 0.05) is 49.1 Å². The van der Waals surface area contributed by atoms with E-state index in [9.17, 15) is 18.8 Å². The second kappa shape index (κ2) is 13.0. The maximum Gasteiger partial charge on any atom is 0.307 e. The SMILES string of the molecule is CC(C)COC(=O)CCCC(=O)OCn1cc(-c2ccc3cc(C(=O)NCc4ccccc4F)n(C)c3n2)cn1. The summed E-state index contributed by atoms with van der Waals surface area (Å²) >= 11 is 0. The number of esters is 2. The summed E-state index contributed by atoms with van der Waals surface area (Å²) in [6, 6.07) is 11.7. The van der Waals surface area contributed by atoms with E-state index < -0.39 is 5.97 Å². The second-order valence-electron chi connectivity index (χ2n) is 9.82. The molecule has 0 aliphatic heterocycles. The van der Waals surface area contributed by atoms with Crippen LogP contribution < -0.4 is 5.32 Å². The van der Waals surface area contributed by atoms with Gasteiger partial charge in [0.25, 0.3) is 5.91 Å². The summed E-state index contributed by atoms with van der Waals surface area (Å²) in [6.45, 7) is 4.27.